The van der Waals surface area contributed by atoms with Crippen molar-refractivity contribution in [2.45, 2.75) is 59.8 Å². The molecule has 0 saturated heterocycles. The highest BCUT2D eigenvalue weighted by Gasteiger charge is 2.42. The molecule has 2 aliphatic carbocycles. The molecule has 84 valence electrons. The first kappa shape index (κ1) is 10.9. The first-order valence-corrected chi connectivity index (χ1v) is 6.08. The molecule has 1 saturated carbocycles. The summed E-state index contributed by atoms with van der Waals surface area (Å²) >= 11 is 0. The Balaban J connectivity index is 2.41. The highest BCUT2D eigenvalue weighted by Crippen LogP contribution is 2.53. The normalized spacial score (nSPS) is 35.3. The minimum absolute atomic E-state index is 0.341. The molecule has 1 nitrogen and oxygen atoms in total. The molecule has 1 heteroatoms. The molecule has 1 unspecified atom stereocenters. The summed E-state index contributed by atoms with van der Waals surface area (Å²) in [5.41, 5.74) is 3.29. The van der Waals surface area contributed by atoms with E-state index in [0.29, 0.717) is 16.6 Å². The predicted octanol–water partition coefficient (Wildman–Crippen LogP) is 3.88. The summed E-state index contributed by atoms with van der Waals surface area (Å²) in [5.74, 6) is 0.389. The number of ketones is 1. The van der Waals surface area contributed by atoms with Crippen LogP contribution in [-0.2, 0) is 4.79 Å². The number of hydrogen-bond donors (Lipinski definition) is 0. The first-order valence-electron chi connectivity index (χ1n) is 6.08. The Morgan fingerprint density at radius 2 is 1.73 bits per heavy atom. The van der Waals surface area contributed by atoms with E-state index < -0.39 is 0 Å². The van der Waals surface area contributed by atoms with Crippen molar-refractivity contribution >= 4 is 5.78 Å². The Bertz CT molecular complexity index is 335. The van der Waals surface area contributed by atoms with E-state index in [1.165, 1.54) is 18.4 Å². The lowest BCUT2D eigenvalue weighted by molar-refractivity contribution is -0.117. The van der Waals surface area contributed by atoms with Gasteiger partial charge in [0.2, 0.25) is 0 Å². The van der Waals surface area contributed by atoms with Crippen molar-refractivity contribution in [1.82, 2.24) is 0 Å². The van der Waals surface area contributed by atoms with Crippen LogP contribution in [0.4, 0.5) is 0 Å². The van der Waals surface area contributed by atoms with E-state index in [-0.39, 0.29) is 0 Å². The van der Waals surface area contributed by atoms with Gasteiger partial charge in [-0.1, -0.05) is 26.3 Å². The number of rotatable bonds is 0. The van der Waals surface area contributed by atoms with Crippen LogP contribution in [0.2, 0.25) is 0 Å². The predicted molar refractivity (Wildman–Crippen MR) is 62.7 cm³/mol. The molecule has 0 spiro atoms. The SMILES string of the molecule is CC1=C2CC(C)(C)CCC2(C)CCC1=O. The summed E-state index contributed by atoms with van der Waals surface area (Å²) in [6.45, 7) is 9.04. The quantitative estimate of drug-likeness (QED) is 0.588. The van der Waals surface area contributed by atoms with Crippen molar-refractivity contribution in [2.75, 3.05) is 0 Å². The lowest BCUT2D eigenvalue weighted by Gasteiger charge is -2.46. The summed E-state index contributed by atoms with van der Waals surface area (Å²) in [4.78, 5) is 11.7. The molecule has 1 fully saturated rings. The van der Waals surface area contributed by atoms with Crippen LogP contribution >= 0.6 is 0 Å². The fraction of sp³-hybridized carbons (Fsp3) is 0.786. The zero-order chi connectivity index (χ0) is 11.3. The Morgan fingerprint density at radius 1 is 1.07 bits per heavy atom. The number of hydrogen-bond acceptors (Lipinski definition) is 1. The van der Waals surface area contributed by atoms with Crippen LogP contribution in [0, 0.1) is 10.8 Å². The van der Waals surface area contributed by atoms with E-state index in [1.807, 2.05) is 6.92 Å². The maximum absolute atomic E-state index is 11.7. The highest BCUT2D eigenvalue weighted by atomic mass is 16.1. The van der Waals surface area contributed by atoms with Crippen LogP contribution in [0.5, 0.6) is 0 Å². The maximum atomic E-state index is 11.7. The molecule has 1 atom stereocenters. The zero-order valence-electron chi connectivity index (χ0n) is 10.4. The number of carbonyl (C=O) groups excluding carboxylic acids is 1. The lowest BCUT2D eigenvalue weighted by Crippen LogP contribution is -2.36. The fourth-order valence-corrected chi connectivity index (χ4v) is 3.15. The topological polar surface area (TPSA) is 17.1 Å². The van der Waals surface area contributed by atoms with Crippen LogP contribution in [-0.4, -0.2) is 5.78 Å². The number of allylic oxidation sites excluding steroid dienone is 2. The van der Waals surface area contributed by atoms with Gasteiger partial charge in [-0.25, -0.2) is 0 Å². The molecule has 15 heavy (non-hydrogen) atoms. The van der Waals surface area contributed by atoms with Gasteiger partial charge < -0.3 is 0 Å². The zero-order valence-corrected chi connectivity index (χ0v) is 10.4. The number of carbonyl (C=O) groups is 1. The Morgan fingerprint density at radius 3 is 2.40 bits per heavy atom. The van der Waals surface area contributed by atoms with Gasteiger partial charge in [-0.2, -0.15) is 0 Å². The summed E-state index contributed by atoms with van der Waals surface area (Å²) in [6, 6.07) is 0. The number of Topliss-reactive ketones (excluding diaryl/α,β-unsaturated/α-hetero) is 1. The molecular formula is C14H22O. The summed E-state index contributed by atoms with van der Waals surface area (Å²) in [6.07, 6.45) is 5.54. The van der Waals surface area contributed by atoms with Crippen molar-refractivity contribution in [3.8, 4) is 0 Å². The monoisotopic (exact) mass is 206 g/mol. The molecule has 0 heterocycles. The summed E-state index contributed by atoms with van der Waals surface area (Å²) in [5, 5.41) is 0. The van der Waals surface area contributed by atoms with Crippen molar-refractivity contribution in [2.24, 2.45) is 10.8 Å². The standard InChI is InChI=1S/C14H22O/c1-10-11-9-13(2,3)7-8-14(11,4)6-5-12(10)15/h5-9H2,1-4H3. The smallest absolute Gasteiger partial charge is 0.158 e. The lowest BCUT2D eigenvalue weighted by atomic mass is 9.58. The first-order chi connectivity index (χ1) is 6.84. The van der Waals surface area contributed by atoms with Crippen LogP contribution in [0.15, 0.2) is 11.1 Å². The molecule has 0 aromatic carbocycles. The number of fused-ring (bicyclic) bond motifs is 1. The molecule has 0 amide bonds. The fourth-order valence-electron chi connectivity index (χ4n) is 3.15. The second kappa shape index (κ2) is 3.20. The Labute approximate surface area is 92.9 Å². The van der Waals surface area contributed by atoms with Crippen molar-refractivity contribution < 1.29 is 4.79 Å². The van der Waals surface area contributed by atoms with Crippen LogP contribution in [0.1, 0.15) is 59.8 Å². The van der Waals surface area contributed by atoms with E-state index in [2.05, 4.69) is 20.8 Å². The largest absolute Gasteiger partial charge is 0.295 e. The van der Waals surface area contributed by atoms with Gasteiger partial charge in [-0.15, -0.1) is 0 Å². The minimum Gasteiger partial charge on any atom is -0.295 e. The van der Waals surface area contributed by atoms with E-state index in [4.69, 9.17) is 0 Å². The summed E-state index contributed by atoms with van der Waals surface area (Å²) in [7, 11) is 0. The Hall–Kier alpha value is -0.590. The van der Waals surface area contributed by atoms with Crippen molar-refractivity contribution in [3.05, 3.63) is 11.1 Å². The van der Waals surface area contributed by atoms with E-state index in [1.54, 1.807) is 0 Å². The average Bonchev–Trinajstić information content (AvgIpc) is 2.16. The van der Waals surface area contributed by atoms with Gasteiger partial charge in [0.05, 0.1) is 0 Å². The molecule has 0 aliphatic heterocycles. The van der Waals surface area contributed by atoms with Crippen LogP contribution in [0.25, 0.3) is 0 Å². The van der Waals surface area contributed by atoms with Gasteiger partial charge in [0.15, 0.2) is 5.78 Å². The third kappa shape index (κ3) is 1.77. The Kier molecular flexibility index (Phi) is 2.33. The van der Waals surface area contributed by atoms with Gasteiger partial charge in [0.1, 0.15) is 0 Å². The highest BCUT2D eigenvalue weighted by molar-refractivity contribution is 5.96. The second-order valence-electron chi connectivity index (χ2n) is 6.43. The molecule has 2 rings (SSSR count). The molecule has 2 aliphatic rings. The third-order valence-electron chi connectivity index (χ3n) is 4.51. The molecule has 0 aromatic rings. The van der Waals surface area contributed by atoms with E-state index >= 15 is 0 Å². The van der Waals surface area contributed by atoms with Gasteiger partial charge in [-0.05, 0) is 49.0 Å². The van der Waals surface area contributed by atoms with Gasteiger partial charge in [0.25, 0.3) is 0 Å². The van der Waals surface area contributed by atoms with Gasteiger partial charge in [0, 0.05) is 6.42 Å². The van der Waals surface area contributed by atoms with E-state index in [9.17, 15) is 4.79 Å². The van der Waals surface area contributed by atoms with Crippen LogP contribution < -0.4 is 0 Å². The van der Waals surface area contributed by atoms with Crippen molar-refractivity contribution in [3.63, 3.8) is 0 Å². The molecule has 0 N–H and O–H groups in total. The average molecular weight is 206 g/mol. The van der Waals surface area contributed by atoms with E-state index in [0.717, 1.165) is 24.8 Å². The van der Waals surface area contributed by atoms with Crippen LogP contribution in [0.3, 0.4) is 0 Å². The third-order valence-corrected chi connectivity index (χ3v) is 4.51. The molecular weight excluding hydrogens is 184 g/mol. The maximum Gasteiger partial charge on any atom is 0.158 e. The summed E-state index contributed by atoms with van der Waals surface area (Å²) < 4.78 is 0. The molecule has 0 aromatic heterocycles. The van der Waals surface area contributed by atoms with Crippen molar-refractivity contribution in [1.29, 1.82) is 0 Å². The molecule has 0 bridgehead atoms. The minimum atomic E-state index is 0.341. The van der Waals surface area contributed by atoms with Gasteiger partial charge in [-0.3, -0.25) is 4.79 Å². The molecule has 0 radical (unpaired) electrons. The second-order valence-corrected chi connectivity index (χ2v) is 6.43. The van der Waals surface area contributed by atoms with Gasteiger partial charge >= 0.3 is 0 Å².